The quantitative estimate of drug-likeness (QED) is 0.457. The molecule has 0 atom stereocenters. The Morgan fingerprint density at radius 2 is 1.91 bits per heavy atom. The van der Waals surface area contributed by atoms with E-state index in [-0.39, 0.29) is 17.1 Å². The molecule has 0 saturated carbocycles. The highest BCUT2D eigenvalue weighted by molar-refractivity contribution is 6.09. The molecule has 23 heavy (non-hydrogen) atoms. The number of amides is 1. The molecule has 0 aliphatic carbocycles. The van der Waals surface area contributed by atoms with Gasteiger partial charge in [-0.05, 0) is 42.5 Å². The SMILES string of the molecule is COc1ccc(/C=C(\C#N)C(=O)Nc2ccc(O)cc2)c(O)c1. The molecule has 0 radical (unpaired) electrons. The Labute approximate surface area is 132 Å². The fourth-order valence-electron chi connectivity index (χ4n) is 1.82. The van der Waals surface area contributed by atoms with E-state index in [2.05, 4.69) is 5.32 Å². The molecule has 6 nitrogen and oxygen atoms in total. The second-order valence-electron chi connectivity index (χ2n) is 4.60. The fraction of sp³-hybridized carbons (Fsp3) is 0.0588. The van der Waals surface area contributed by atoms with E-state index in [1.165, 1.54) is 43.5 Å². The van der Waals surface area contributed by atoms with Crippen molar-refractivity contribution in [1.82, 2.24) is 0 Å². The molecule has 0 spiro atoms. The number of anilines is 1. The van der Waals surface area contributed by atoms with Gasteiger partial charge in [-0.1, -0.05) is 0 Å². The summed E-state index contributed by atoms with van der Waals surface area (Å²) in [5.74, 6) is -0.183. The first-order valence-corrected chi connectivity index (χ1v) is 6.62. The Morgan fingerprint density at radius 3 is 2.48 bits per heavy atom. The highest BCUT2D eigenvalue weighted by atomic mass is 16.5. The van der Waals surface area contributed by atoms with Crippen LogP contribution in [-0.2, 0) is 4.79 Å². The van der Waals surface area contributed by atoms with Gasteiger partial charge in [0.15, 0.2) is 0 Å². The van der Waals surface area contributed by atoms with Gasteiger partial charge in [-0.15, -0.1) is 0 Å². The Hall–Kier alpha value is -3.46. The highest BCUT2D eigenvalue weighted by Gasteiger charge is 2.11. The average Bonchev–Trinajstić information content (AvgIpc) is 2.55. The zero-order valence-electron chi connectivity index (χ0n) is 12.3. The Morgan fingerprint density at radius 1 is 1.22 bits per heavy atom. The van der Waals surface area contributed by atoms with E-state index < -0.39 is 5.91 Å². The van der Waals surface area contributed by atoms with Crippen molar-refractivity contribution in [3.63, 3.8) is 0 Å². The van der Waals surface area contributed by atoms with Gasteiger partial charge in [-0.3, -0.25) is 4.79 Å². The lowest BCUT2D eigenvalue weighted by Crippen LogP contribution is -2.13. The first kappa shape index (κ1) is 15.9. The van der Waals surface area contributed by atoms with Crippen LogP contribution >= 0.6 is 0 Å². The minimum absolute atomic E-state index is 0.0715. The van der Waals surface area contributed by atoms with Crippen molar-refractivity contribution in [2.45, 2.75) is 0 Å². The fourth-order valence-corrected chi connectivity index (χ4v) is 1.82. The van der Waals surface area contributed by atoms with Crippen molar-refractivity contribution in [3.05, 3.63) is 53.6 Å². The van der Waals surface area contributed by atoms with Crippen LogP contribution in [0.2, 0.25) is 0 Å². The second-order valence-corrected chi connectivity index (χ2v) is 4.60. The molecular formula is C17H14N2O4. The minimum Gasteiger partial charge on any atom is -0.508 e. The molecule has 0 aliphatic heterocycles. The van der Waals surface area contributed by atoms with E-state index in [9.17, 15) is 15.0 Å². The summed E-state index contributed by atoms with van der Waals surface area (Å²) in [6, 6.07) is 12.2. The van der Waals surface area contributed by atoms with Crippen molar-refractivity contribution < 1.29 is 19.7 Å². The molecule has 0 fully saturated rings. The molecule has 0 saturated heterocycles. The van der Waals surface area contributed by atoms with E-state index in [0.717, 1.165) is 0 Å². The number of carbonyl (C=O) groups is 1. The number of nitriles is 1. The summed E-state index contributed by atoms with van der Waals surface area (Å²) in [7, 11) is 1.47. The maximum Gasteiger partial charge on any atom is 0.266 e. The van der Waals surface area contributed by atoms with Crippen LogP contribution in [0.5, 0.6) is 17.2 Å². The molecule has 0 aromatic heterocycles. The number of methoxy groups -OCH3 is 1. The number of nitrogens with one attached hydrogen (secondary N) is 1. The molecule has 0 aliphatic rings. The van der Waals surface area contributed by atoms with Crippen molar-refractivity contribution >= 4 is 17.7 Å². The van der Waals surface area contributed by atoms with E-state index in [0.29, 0.717) is 17.0 Å². The van der Waals surface area contributed by atoms with E-state index in [1.54, 1.807) is 18.2 Å². The Kier molecular flexibility index (Phi) is 4.85. The molecule has 6 heteroatoms. The second kappa shape index (κ2) is 7.00. The predicted octanol–water partition coefficient (Wildman–Crippen LogP) is 2.65. The van der Waals surface area contributed by atoms with Gasteiger partial charge in [-0.25, -0.2) is 0 Å². The largest absolute Gasteiger partial charge is 0.508 e. The van der Waals surface area contributed by atoms with Crippen LogP contribution in [-0.4, -0.2) is 23.2 Å². The normalized spacial score (nSPS) is 10.7. The lowest BCUT2D eigenvalue weighted by atomic mass is 10.1. The van der Waals surface area contributed by atoms with Crippen LogP contribution in [0, 0.1) is 11.3 Å². The smallest absolute Gasteiger partial charge is 0.266 e. The maximum absolute atomic E-state index is 12.1. The molecule has 2 aromatic carbocycles. The number of phenolic OH excluding ortho intramolecular Hbond substituents is 2. The molecule has 0 unspecified atom stereocenters. The van der Waals surface area contributed by atoms with Gasteiger partial charge in [-0.2, -0.15) is 5.26 Å². The predicted molar refractivity (Wildman–Crippen MR) is 85.0 cm³/mol. The van der Waals surface area contributed by atoms with Crippen molar-refractivity contribution in [1.29, 1.82) is 5.26 Å². The molecule has 1 amide bonds. The summed E-state index contributed by atoms with van der Waals surface area (Å²) in [6.07, 6.45) is 1.28. The number of rotatable bonds is 4. The number of hydrogen-bond donors (Lipinski definition) is 3. The van der Waals surface area contributed by atoms with Crippen LogP contribution in [0.4, 0.5) is 5.69 Å². The summed E-state index contributed by atoms with van der Waals surface area (Å²) < 4.78 is 4.97. The Balaban J connectivity index is 2.23. The summed E-state index contributed by atoms with van der Waals surface area (Å²) in [6.45, 7) is 0. The van der Waals surface area contributed by atoms with E-state index >= 15 is 0 Å². The van der Waals surface area contributed by atoms with Crippen molar-refractivity contribution in [3.8, 4) is 23.3 Å². The number of ether oxygens (including phenoxy) is 1. The number of carbonyl (C=O) groups excluding carboxylic acids is 1. The number of phenols is 2. The third-order valence-electron chi connectivity index (χ3n) is 3.03. The number of benzene rings is 2. The zero-order chi connectivity index (χ0) is 16.8. The third-order valence-corrected chi connectivity index (χ3v) is 3.03. The van der Waals surface area contributed by atoms with Gasteiger partial charge in [0.2, 0.25) is 0 Å². The summed E-state index contributed by atoms with van der Waals surface area (Å²) in [5.41, 5.74) is 0.592. The summed E-state index contributed by atoms with van der Waals surface area (Å²) >= 11 is 0. The standard InChI is InChI=1S/C17H14N2O4/c1-23-15-7-2-11(16(21)9-15)8-12(10-18)17(22)19-13-3-5-14(20)6-4-13/h2-9,20-21H,1H3,(H,19,22)/b12-8+. The number of aromatic hydroxyl groups is 2. The zero-order valence-corrected chi connectivity index (χ0v) is 12.3. The van der Waals surface area contributed by atoms with E-state index in [1.807, 2.05) is 0 Å². The van der Waals surface area contributed by atoms with Gasteiger partial charge in [0, 0.05) is 17.3 Å². The van der Waals surface area contributed by atoms with Crippen LogP contribution in [0.25, 0.3) is 6.08 Å². The van der Waals surface area contributed by atoms with Crippen LogP contribution < -0.4 is 10.1 Å². The van der Waals surface area contributed by atoms with E-state index in [4.69, 9.17) is 10.00 Å². The number of nitrogens with zero attached hydrogens (tertiary/aromatic N) is 1. The lowest BCUT2D eigenvalue weighted by molar-refractivity contribution is -0.112. The first-order valence-electron chi connectivity index (χ1n) is 6.62. The van der Waals surface area contributed by atoms with Gasteiger partial charge in [0.05, 0.1) is 7.11 Å². The van der Waals surface area contributed by atoms with Gasteiger partial charge in [0.25, 0.3) is 5.91 Å². The van der Waals surface area contributed by atoms with Crippen molar-refractivity contribution in [2.75, 3.05) is 12.4 Å². The van der Waals surface area contributed by atoms with Gasteiger partial charge < -0.3 is 20.3 Å². The van der Waals surface area contributed by atoms with Crippen LogP contribution in [0.15, 0.2) is 48.0 Å². The highest BCUT2D eigenvalue weighted by Crippen LogP contribution is 2.25. The lowest BCUT2D eigenvalue weighted by Gasteiger charge is -2.06. The topological polar surface area (TPSA) is 103 Å². The van der Waals surface area contributed by atoms with Crippen LogP contribution in [0.3, 0.4) is 0 Å². The van der Waals surface area contributed by atoms with Crippen molar-refractivity contribution in [2.24, 2.45) is 0 Å². The first-order chi connectivity index (χ1) is 11.0. The average molecular weight is 310 g/mol. The third kappa shape index (κ3) is 4.02. The molecule has 0 bridgehead atoms. The molecule has 0 heterocycles. The maximum atomic E-state index is 12.1. The molecular weight excluding hydrogens is 296 g/mol. The molecule has 116 valence electrons. The molecule has 2 aromatic rings. The van der Waals surface area contributed by atoms with Gasteiger partial charge in [0.1, 0.15) is 28.9 Å². The summed E-state index contributed by atoms with van der Waals surface area (Å²) in [5, 5.41) is 30.8. The van der Waals surface area contributed by atoms with Crippen LogP contribution in [0.1, 0.15) is 5.56 Å². The number of hydrogen-bond acceptors (Lipinski definition) is 5. The minimum atomic E-state index is -0.617. The summed E-state index contributed by atoms with van der Waals surface area (Å²) in [4.78, 5) is 12.1. The molecule has 3 N–H and O–H groups in total. The monoisotopic (exact) mass is 310 g/mol. The van der Waals surface area contributed by atoms with Gasteiger partial charge >= 0.3 is 0 Å². The molecule has 2 rings (SSSR count). The Bertz CT molecular complexity index is 789.